The molecule has 3 aromatic rings. The molecule has 8 nitrogen and oxygen atoms in total. The van der Waals surface area contributed by atoms with Crippen LogP contribution in [0.2, 0.25) is 0 Å². The molecule has 0 saturated heterocycles. The highest BCUT2D eigenvalue weighted by molar-refractivity contribution is 5.94. The van der Waals surface area contributed by atoms with E-state index in [9.17, 15) is 13.6 Å². The van der Waals surface area contributed by atoms with Crippen molar-refractivity contribution in [3.05, 3.63) is 47.9 Å². The van der Waals surface area contributed by atoms with Crippen LogP contribution in [0, 0.1) is 11.6 Å². The molecule has 0 spiro atoms. The van der Waals surface area contributed by atoms with Gasteiger partial charge in [-0.1, -0.05) is 0 Å². The van der Waals surface area contributed by atoms with Crippen molar-refractivity contribution in [2.75, 3.05) is 32.1 Å². The third-order valence-electron chi connectivity index (χ3n) is 3.82. The second-order valence-electron chi connectivity index (χ2n) is 5.63. The lowest BCUT2D eigenvalue weighted by atomic mass is 10.2. The summed E-state index contributed by atoms with van der Waals surface area (Å²) in [6, 6.07) is 2.81. The lowest BCUT2D eigenvalue weighted by molar-refractivity contribution is 0.0948. The van der Waals surface area contributed by atoms with Crippen LogP contribution < -0.4 is 10.6 Å². The first-order chi connectivity index (χ1) is 13.1. The molecule has 0 saturated carbocycles. The van der Waals surface area contributed by atoms with E-state index >= 15 is 0 Å². The maximum absolute atomic E-state index is 13.6. The van der Waals surface area contributed by atoms with E-state index in [0.717, 1.165) is 17.5 Å². The number of rotatable bonds is 8. The van der Waals surface area contributed by atoms with Crippen LogP contribution in [0.4, 0.5) is 14.6 Å². The zero-order valence-electron chi connectivity index (χ0n) is 14.6. The first-order valence-electron chi connectivity index (χ1n) is 8.22. The second kappa shape index (κ2) is 8.49. The van der Waals surface area contributed by atoms with Gasteiger partial charge < -0.3 is 15.4 Å². The van der Waals surface area contributed by atoms with Gasteiger partial charge in [-0.05, 0) is 12.1 Å². The van der Waals surface area contributed by atoms with Crippen molar-refractivity contribution in [2.45, 2.75) is 6.54 Å². The third kappa shape index (κ3) is 4.34. The number of ether oxygens (including phenoxy) is 1. The Morgan fingerprint density at radius 1 is 1.26 bits per heavy atom. The minimum Gasteiger partial charge on any atom is -0.383 e. The quantitative estimate of drug-likeness (QED) is 0.580. The molecule has 0 aliphatic rings. The monoisotopic (exact) mass is 376 g/mol. The molecule has 3 rings (SSSR count). The van der Waals surface area contributed by atoms with Crippen LogP contribution in [0.15, 0.2) is 30.7 Å². The van der Waals surface area contributed by atoms with Gasteiger partial charge >= 0.3 is 0 Å². The standard InChI is InChI=1S/C17H18F2N6O2/c1-27-7-5-20-15-13-9-24-25(16(13)23-10-22-15)6-4-21-17(26)12-3-2-11(18)8-14(12)19/h2-3,8-10H,4-7H2,1H3,(H,21,26)(H,20,22,23). The maximum Gasteiger partial charge on any atom is 0.254 e. The van der Waals surface area contributed by atoms with Crippen LogP contribution in [0.25, 0.3) is 11.0 Å². The Kier molecular flexibility index (Phi) is 5.87. The molecule has 2 N–H and O–H groups in total. The number of nitrogens with one attached hydrogen (secondary N) is 2. The summed E-state index contributed by atoms with van der Waals surface area (Å²) in [4.78, 5) is 20.4. The SMILES string of the molecule is COCCNc1ncnc2c1cnn2CCNC(=O)c1ccc(F)cc1F. The first-order valence-corrected chi connectivity index (χ1v) is 8.22. The number of hydrogen-bond donors (Lipinski definition) is 2. The lowest BCUT2D eigenvalue weighted by Gasteiger charge is -2.08. The fourth-order valence-electron chi connectivity index (χ4n) is 2.51. The molecule has 1 amide bonds. The summed E-state index contributed by atoms with van der Waals surface area (Å²) < 4.78 is 33.2. The second-order valence-corrected chi connectivity index (χ2v) is 5.63. The number of carbonyl (C=O) groups excluding carboxylic acids is 1. The van der Waals surface area contributed by atoms with Crippen LogP contribution in [0.5, 0.6) is 0 Å². The minimum absolute atomic E-state index is 0.197. The van der Waals surface area contributed by atoms with Crippen molar-refractivity contribution >= 4 is 22.8 Å². The van der Waals surface area contributed by atoms with Gasteiger partial charge in [0.05, 0.1) is 30.3 Å². The van der Waals surface area contributed by atoms with Crippen molar-refractivity contribution in [1.82, 2.24) is 25.1 Å². The van der Waals surface area contributed by atoms with Crippen molar-refractivity contribution in [2.24, 2.45) is 0 Å². The number of nitrogens with zero attached hydrogens (tertiary/aromatic N) is 4. The van der Waals surface area contributed by atoms with E-state index in [1.54, 1.807) is 18.0 Å². The van der Waals surface area contributed by atoms with Crippen LogP contribution in [0.1, 0.15) is 10.4 Å². The van der Waals surface area contributed by atoms with Gasteiger partial charge in [-0.25, -0.2) is 23.4 Å². The van der Waals surface area contributed by atoms with E-state index in [-0.39, 0.29) is 12.1 Å². The molecular weight excluding hydrogens is 358 g/mol. The molecule has 27 heavy (non-hydrogen) atoms. The van der Waals surface area contributed by atoms with E-state index in [4.69, 9.17) is 4.74 Å². The molecule has 10 heteroatoms. The topological polar surface area (TPSA) is 94.0 Å². The molecule has 0 bridgehead atoms. The van der Waals surface area contributed by atoms with Gasteiger partial charge in [0.15, 0.2) is 5.65 Å². The highest BCUT2D eigenvalue weighted by Crippen LogP contribution is 2.18. The van der Waals surface area contributed by atoms with E-state index in [2.05, 4.69) is 25.7 Å². The van der Waals surface area contributed by atoms with Crippen molar-refractivity contribution in [1.29, 1.82) is 0 Å². The molecule has 0 fully saturated rings. The normalized spacial score (nSPS) is 10.9. The number of anilines is 1. The number of carbonyl (C=O) groups is 1. The van der Waals surface area contributed by atoms with Crippen molar-refractivity contribution < 1.29 is 18.3 Å². The minimum atomic E-state index is -0.906. The zero-order valence-corrected chi connectivity index (χ0v) is 14.6. The molecule has 0 aliphatic heterocycles. The number of aromatic nitrogens is 4. The van der Waals surface area contributed by atoms with Crippen LogP contribution >= 0.6 is 0 Å². The van der Waals surface area contributed by atoms with Gasteiger partial charge in [0.2, 0.25) is 0 Å². The molecule has 2 aromatic heterocycles. The van der Waals surface area contributed by atoms with E-state index in [1.165, 1.54) is 6.33 Å². The summed E-state index contributed by atoms with van der Waals surface area (Å²) in [5, 5.41) is 10.7. The van der Waals surface area contributed by atoms with Gasteiger partial charge in [0, 0.05) is 26.3 Å². The molecule has 1 aromatic carbocycles. The molecule has 142 valence electrons. The van der Waals surface area contributed by atoms with Crippen molar-refractivity contribution in [3.8, 4) is 0 Å². The molecule has 0 radical (unpaired) electrons. The number of amides is 1. The zero-order chi connectivity index (χ0) is 19.2. The van der Waals surface area contributed by atoms with E-state index in [0.29, 0.717) is 37.2 Å². The number of halogens is 2. The Balaban J connectivity index is 1.63. The largest absolute Gasteiger partial charge is 0.383 e. The molecule has 2 heterocycles. The summed E-state index contributed by atoms with van der Waals surface area (Å²) in [7, 11) is 1.61. The summed E-state index contributed by atoms with van der Waals surface area (Å²) >= 11 is 0. The number of hydrogen-bond acceptors (Lipinski definition) is 6. The molecular formula is C17H18F2N6O2. The predicted octanol–water partition coefficient (Wildman–Crippen LogP) is 1.59. The smallest absolute Gasteiger partial charge is 0.254 e. The van der Waals surface area contributed by atoms with Crippen molar-refractivity contribution in [3.63, 3.8) is 0 Å². The first kappa shape index (κ1) is 18.6. The highest BCUT2D eigenvalue weighted by atomic mass is 19.1. The number of fused-ring (bicyclic) bond motifs is 1. The van der Waals surface area contributed by atoms with E-state index in [1.807, 2.05) is 0 Å². The average molecular weight is 376 g/mol. The van der Waals surface area contributed by atoms with Crippen LogP contribution in [-0.2, 0) is 11.3 Å². The summed E-state index contributed by atoms with van der Waals surface area (Å²) in [6.07, 6.45) is 3.05. The fourth-order valence-corrected chi connectivity index (χ4v) is 2.51. The lowest BCUT2D eigenvalue weighted by Crippen LogP contribution is -2.28. The Labute approximate surface area is 153 Å². The van der Waals surface area contributed by atoms with Crippen LogP contribution in [-0.4, -0.2) is 52.5 Å². The maximum atomic E-state index is 13.6. The highest BCUT2D eigenvalue weighted by Gasteiger charge is 2.13. The Morgan fingerprint density at radius 2 is 2.11 bits per heavy atom. The Hall–Kier alpha value is -3.14. The molecule has 0 aliphatic carbocycles. The number of benzene rings is 1. The predicted molar refractivity (Wildman–Crippen MR) is 94.4 cm³/mol. The molecule has 0 unspecified atom stereocenters. The van der Waals surface area contributed by atoms with Gasteiger partial charge in [0.1, 0.15) is 23.8 Å². The van der Waals surface area contributed by atoms with Crippen LogP contribution in [0.3, 0.4) is 0 Å². The van der Waals surface area contributed by atoms with Gasteiger partial charge in [-0.2, -0.15) is 5.10 Å². The number of methoxy groups -OCH3 is 1. The molecule has 0 atom stereocenters. The summed E-state index contributed by atoms with van der Waals surface area (Å²) in [5.74, 6) is -1.63. The third-order valence-corrected chi connectivity index (χ3v) is 3.82. The van der Waals surface area contributed by atoms with Gasteiger partial charge in [-0.3, -0.25) is 4.79 Å². The summed E-state index contributed by atoms with van der Waals surface area (Å²) in [5.41, 5.74) is 0.390. The van der Waals surface area contributed by atoms with E-state index < -0.39 is 17.5 Å². The Morgan fingerprint density at radius 3 is 2.89 bits per heavy atom. The Bertz CT molecular complexity index is 946. The van der Waals surface area contributed by atoms with Gasteiger partial charge in [0.25, 0.3) is 5.91 Å². The van der Waals surface area contributed by atoms with Gasteiger partial charge in [-0.15, -0.1) is 0 Å². The fraction of sp³-hybridized carbons (Fsp3) is 0.294. The summed E-state index contributed by atoms with van der Waals surface area (Å²) in [6.45, 7) is 1.65. The average Bonchev–Trinajstić information content (AvgIpc) is 3.06.